The van der Waals surface area contributed by atoms with Gasteiger partial charge in [0.25, 0.3) is 0 Å². The van der Waals surface area contributed by atoms with Gasteiger partial charge in [-0.1, -0.05) is 27.7 Å². The lowest BCUT2D eigenvalue weighted by Crippen LogP contribution is -2.20. The van der Waals surface area contributed by atoms with E-state index in [9.17, 15) is 4.79 Å². The highest BCUT2D eigenvalue weighted by Crippen LogP contribution is 2.28. The molecule has 0 bridgehead atoms. The average Bonchev–Trinajstić information content (AvgIpc) is 1.85. The topological polar surface area (TPSA) is 40.9 Å². The fourth-order valence-electron chi connectivity index (χ4n) is 0.808. The first-order valence-corrected chi connectivity index (χ1v) is 4.26. The molecule has 0 aromatic carbocycles. The molecule has 0 spiro atoms. The third kappa shape index (κ3) is 4.12. The van der Waals surface area contributed by atoms with Crippen molar-refractivity contribution < 1.29 is 4.79 Å². The largest absolute Gasteiger partial charge is 0.299 e. The third-order valence-corrected chi connectivity index (χ3v) is 2.29. The minimum atomic E-state index is 0.0555. The molecular weight excluding hydrogens is 150 g/mol. The van der Waals surface area contributed by atoms with E-state index in [0.29, 0.717) is 12.3 Å². The number of Topliss-reactive ketones (excluding diaryl/α,β-unsaturated/α-hetero) is 1. The second-order valence-corrected chi connectivity index (χ2v) is 4.34. The monoisotopic (exact) mass is 167 g/mol. The number of rotatable bonds is 3. The molecule has 0 saturated heterocycles. The lowest BCUT2D eigenvalue weighted by molar-refractivity contribution is -0.119. The fourth-order valence-corrected chi connectivity index (χ4v) is 0.808. The van der Waals surface area contributed by atoms with Gasteiger partial charge in [0.05, 0.1) is 12.5 Å². The summed E-state index contributed by atoms with van der Waals surface area (Å²) in [6.07, 6.45) is 0.581. The van der Waals surface area contributed by atoms with E-state index in [0.717, 1.165) is 0 Å². The van der Waals surface area contributed by atoms with Crippen molar-refractivity contribution in [3.63, 3.8) is 0 Å². The number of carbonyl (C=O) groups excluding carboxylic acids is 1. The highest BCUT2D eigenvalue weighted by Gasteiger charge is 2.21. The first-order valence-electron chi connectivity index (χ1n) is 4.26. The van der Waals surface area contributed by atoms with Crippen molar-refractivity contribution in [1.29, 1.82) is 5.26 Å². The Morgan fingerprint density at radius 1 is 1.50 bits per heavy atom. The molecular formula is C10H17NO. The molecule has 12 heavy (non-hydrogen) atoms. The average molecular weight is 167 g/mol. The maximum atomic E-state index is 11.1. The summed E-state index contributed by atoms with van der Waals surface area (Å²) in [5.41, 5.74) is 0.158. The highest BCUT2D eigenvalue weighted by molar-refractivity contribution is 5.80. The maximum absolute atomic E-state index is 11.1. The molecule has 2 heteroatoms. The normalized spacial score (nSPS) is 13.6. The van der Waals surface area contributed by atoms with E-state index in [1.807, 2.05) is 6.07 Å². The van der Waals surface area contributed by atoms with Crippen LogP contribution in [0.25, 0.3) is 0 Å². The van der Waals surface area contributed by atoms with E-state index in [2.05, 4.69) is 27.7 Å². The molecule has 0 fully saturated rings. The van der Waals surface area contributed by atoms with Gasteiger partial charge < -0.3 is 0 Å². The van der Waals surface area contributed by atoms with Gasteiger partial charge >= 0.3 is 0 Å². The predicted octanol–water partition coefficient (Wildman–Crippen LogP) is 2.54. The highest BCUT2D eigenvalue weighted by atomic mass is 16.1. The van der Waals surface area contributed by atoms with Crippen LogP contribution >= 0.6 is 0 Å². The Labute approximate surface area is 74.6 Å². The van der Waals surface area contributed by atoms with E-state index in [4.69, 9.17) is 5.26 Å². The van der Waals surface area contributed by atoms with Crippen LogP contribution in [0, 0.1) is 22.7 Å². The molecule has 0 saturated carbocycles. The second kappa shape index (κ2) is 4.25. The van der Waals surface area contributed by atoms with Crippen molar-refractivity contribution in [2.75, 3.05) is 0 Å². The molecule has 0 heterocycles. The third-order valence-electron chi connectivity index (χ3n) is 2.29. The molecule has 0 rings (SSSR count). The van der Waals surface area contributed by atoms with Gasteiger partial charge in [-0.3, -0.25) is 4.79 Å². The summed E-state index contributed by atoms with van der Waals surface area (Å²) in [4.78, 5) is 11.1. The maximum Gasteiger partial charge on any atom is 0.147 e. The van der Waals surface area contributed by atoms with Gasteiger partial charge in [-0.15, -0.1) is 0 Å². The number of carbonyl (C=O) groups is 1. The van der Waals surface area contributed by atoms with Gasteiger partial charge in [0.15, 0.2) is 0 Å². The van der Waals surface area contributed by atoms with Crippen LogP contribution in [0.1, 0.15) is 40.5 Å². The lowest BCUT2D eigenvalue weighted by Gasteiger charge is -2.26. The first kappa shape index (κ1) is 11.2. The van der Waals surface area contributed by atoms with Crippen LogP contribution < -0.4 is 0 Å². The van der Waals surface area contributed by atoms with Gasteiger partial charge in [-0.05, 0) is 11.3 Å². The summed E-state index contributed by atoms with van der Waals surface area (Å²) in [5.74, 6) is 0.401. The van der Waals surface area contributed by atoms with Crippen LogP contribution in [0.5, 0.6) is 0 Å². The van der Waals surface area contributed by atoms with E-state index >= 15 is 0 Å². The molecule has 0 unspecified atom stereocenters. The first-order chi connectivity index (χ1) is 5.38. The van der Waals surface area contributed by atoms with Crippen LogP contribution in [0.4, 0.5) is 0 Å². The molecule has 0 aromatic heterocycles. The van der Waals surface area contributed by atoms with Crippen molar-refractivity contribution in [2.24, 2.45) is 11.3 Å². The Bertz CT molecular complexity index is 195. The molecule has 0 amide bonds. The zero-order valence-electron chi connectivity index (χ0n) is 8.35. The zero-order chi connectivity index (χ0) is 9.78. The number of ketones is 1. The molecule has 1 atom stereocenters. The standard InChI is InChI=1S/C10H17NO/c1-8(10(2,3)4)7-9(12)5-6-11/h8H,5,7H2,1-4H3/t8-/m1/s1. The Morgan fingerprint density at radius 3 is 2.33 bits per heavy atom. The molecule has 0 N–H and O–H groups in total. The Kier molecular flexibility index (Phi) is 3.95. The number of nitriles is 1. The van der Waals surface area contributed by atoms with Gasteiger partial charge in [0, 0.05) is 6.42 Å². The van der Waals surface area contributed by atoms with E-state index in [1.165, 1.54) is 0 Å². The predicted molar refractivity (Wildman–Crippen MR) is 48.5 cm³/mol. The molecule has 0 aliphatic heterocycles. The van der Waals surface area contributed by atoms with E-state index in [-0.39, 0.29) is 17.6 Å². The number of hydrogen-bond acceptors (Lipinski definition) is 2. The van der Waals surface area contributed by atoms with Crippen molar-refractivity contribution in [3.8, 4) is 6.07 Å². The molecule has 0 aliphatic rings. The molecule has 0 aliphatic carbocycles. The minimum Gasteiger partial charge on any atom is -0.299 e. The van der Waals surface area contributed by atoms with Gasteiger partial charge in [0.1, 0.15) is 5.78 Å². The fraction of sp³-hybridized carbons (Fsp3) is 0.800. The van der Waals surface area contributed by atoms with Crippen LogP contribution in [-0.2, 0) is 4.79 Å². The van der Waals surface area contributed by atoms with Crippen molar-refractivity contribution in [3.05, 3.63) is 0 Å². The van der Waals surface area contributed by atoms with Crippen molar-refractivity contribution in [2.45, 2.75) is 40.5 Å². The number of nitrogens with zero attached hydrogens (tertiary/aromatic N) is 1. The van der Waals surface area contributed by atoms with Crippen LogP contribution in [0.2, 0.25) is 0 Å². The Morgan fingerprint density at radius 2 is 2.00 bits per heavy atom. The SMILES string of the molecule is C[C@H](CC(=O)CC#N)C(C)(C)C. The molecule has 2 nitrogen and oxygen atoms in total. The van der Waals surface area contributed by atoms with Crippen molar-refractivity contribution in [1.82, 2.24) is 0 Å². The molecule has 0 radical (unpaired) electrons. The van der Waals surface area contributed by atoms with Gasteiger partial charge in [-0.2, -0.15) is 5.26 Å². The molecule has 0 aromatic rings. The van der Waals surface area contributed by atoms with Crippen LogP contribution in [-0.4, -0.2) is 5.78 Å². The Balaban J connectivity index is 3.95. The summed E-state index contributed by atoms with van der Waals surface area (Å²) < 4.78 is 0. The van der Waals surface area contributed by atoms with Crippen LogP contribution in [0.15, 0.2) is 0 Å². The number of hydrogen-bond donors (Lipinski definition) is 0. The quantitative estimate of drug-likeness (QED) is 0.648. The van der Waals surface area contributed by atoms with E-state index in [1.54, 1.807) is 0 Å². The van der Waals surface area contributed by atoms with Crippen LogP contribution in [0.3, 0.4) is 0 Å². The summed E-state index contributed by atoms with van der Waals surface area (Å²) in [5, 5.41) is 8.28. The smallest absolute Gasteiger partial charge is 0.147 e. The second-order valence-electron chi connectivity index (χ2n) is 4.34. The Hall–Kier alpha value is -0.840. The lowest BCUT2D eigenvalue weighted by atomic mass is 9.79. The van der Waals surface area contributed by atoms with Gasteiger partial charge in [-0.25, -0.2) is 0 Å². The zero-order valence-corrected chi connectivity index (χ0v) is 8.35. The summed E-state index contributed by atoms with van der Waals surface area (Å²) in [7, 11) is 0. The molecule has 68 valence electrons. The van der Waals surface area contributed by atoms with Crippen molar-refractivity contribution >= 4 is 5.78 Å². The van der Waals surface area contributed by atoms with E-state index < -0.39 is 0 Å². The minimum absolute atomic E-state index is 0.0555. The summed E-state index contributed by atoms with van der Waals surface area (Å²) in [6, 6.07) is 1.87. The summed E-state index contributed by atoms with van der Waals surface area (Å²) >= 11 is 0. The van der Waals surface area contributed by atoms with Gasteiger partial charge in [0.2, 0.25) is 0 Å². The summed E-state index contributed by atoms with van der Waals surface area (Å²) in [6.45, 7) is 8.38.